The van der Waals surface area contributed by atoms with Gasteiger partial charge in [0, 0.05) is 31.5 Å². The van der Waals surface area contributed by atoms with Crippen LogP contribution >= 0.6 is 0 Å². The highest BCUT2D eigenvalue weighted by Crippen LogP contribution is 2.32. The van der Waals surface area contributed by atoms with Gasteiger partial charge in [0.05, 0.1) is 0 Å². The Hall–Kier alpha value is -0.760. The molecule has 1 heterocycles. The lowest BCUT2D eigenvalue weighted by Gasteiger charge is -2.12. The molecule has 1 aromatic rings. The summed E-state index contributed by atoms with van der Waals surface area (Å²) in [6.07, 6.45) is 4.93. The number of nitrogens with one attached hydrogen (secondary N) is 1. The average Bonchev–Trinajstić information content (AvgIpc) is 2.88. The second-order valence-electron chi connectivity index (χ2n) is 4.12. The zero-order valence-corrected chi connectivity index (χ0v) is 8.46. The minimum absolute atomic E-state index is 0.690. The van der Waals surface area contributed by atoms with Crippen molar-refractivity contribution in [1.82, 2.24) is 9.88 Å². The van der Waals surface area contributed by atoms with Crippen LogP contribution in [0, 0.1) is 5.92 Å². The topological polar surface area (TPSA) is 17.0 Å². The smallest absolute Gasteiger partial charge is 0.0361 e. The van der Waals surface area contributed by atoms with Crippen LogP contribution in [0.25, 0.3) is 0 Å². The van der Waals surface area contributed by atoms with E-state index < -0.39 is 0 Å². The highest BCUT2D eigenvalue weighted by Gasteiger charge is 2.27. The molecule has 1 aliphatic carbocycles. The maximum absolute atomic E-state index is 3.57. The van der Waals surface area contributed by atoms with E-state index in [1.54, 1.807) is 0 Å². The Bertz CT molecular complexity index is 273. The molecule has 1 fully saturated rings. The van der Waals surface area contributed by atoms with Crippen molar-refractivity contribution in [1.29, 1.82) is 0 Å². The summed E-state index contributed by atoms with van der Waals surface area (Å²) in [5, 5.41) is 3.57. The van der Waals surface area contributed by atoms with E-state index in [2.05, 4.69) is 42.2 Å². The van der Waals surface area contributed by atoms with E-state index >= 15 is 0 Å². The standard InChI is InChI=1S/C11H18N2/c1-9(10-5-6-10)12-8-11-4-3-7-13(11)2/h3-4,7,9-10,12H,5-6,8H2,1-2H3. The van der Waals surface area contributed by atoms with Gasteiger partial charge in [-0.3, -0.25) is 0 Å². The maximum Gasteiger partial charge on any atom is 0.0361 e. The fourth-order valence-corrected chi connectivity index (χ4v) is 1.71. The van der Waals surface area contributed by atoms with Crippen LogP contribution in [0.15, 0.2) is 18.3 Å². The molecule has 0 bridgehead atoms. The van der Waals surface area contributed by atoms with Gasteiger partial charge in [-0.15, -0.1) is 0 Å². The third-order valence-corrected chi connectivity index (χ3v) is 2.99. The quantitative estimate of drug-likeness (QED) is 0.745. The molecule has 0 amide bonds. The minimum atomic E-state index is 0.690. The summed E-state index contributed by atoms with van der Waals surface area (Å²) < 4.78 is 2.17. The van der Waals surface area contributed by atoms with Gasteiger partial charge in [-0.25, -0.2) is 0 Å². The Kier molecular flexibility index (Phi) is 2.40. The van der Waals surface area contributed by atoms with E-state index in [0.717, 1.165) is 12.5 Å². The number of nitrogens with zero attached hydrogens (tertiary/aromatic N) is 1. The average molecular weight is 178 g/mol. The molecule has 1 unspecified atom stereocenters. The van der Waals surface area contributed by atoms with Crippen molar-refractivity contribution in [2.45, 2.75) is 32.4 Å². The summed E-state index contributed by atoms with van der Waals surface area (Å²) in [6.45, 7) is 3.29. The summed E-state index contributed by atoms with van der Waals surface area (Å²) in [6, 6.07) is 4.96. The molecule has 0 spiro atoms. The van der Waals surface area contributed by atoms with Gasteiger partial charge in [-0.05, 0) is 37.8 Å². The molecule has 1 saturated carbocycles. The molecular formula is C11H18N2. The van der Waals surface area contributed by atoms with Gasteiger partial charge in [-0.2, -0.15) is 0 Å². The van der Waals surface area contributed by atoms with Crippen LogP contribution in [0.1, 0.15) is 25.5 Å². The molecule has 0 aliphatic heterocycles. The Labute approximate surface area is 79.9 Å². The van der Waals surface area contributed by atoms with Crippen LogP contribution in [0.3, 0.4) is 0 Å². The fraction of sp³-hybridized carbons (Fsp3) is 0.636. The van der Waals surface area contributed by atoms with Crippen molar-refractivity contribution >= 4 is 0 Å². The molecule has 2 heteroatoms. The number of aromatic nitrogens is 1. The Morgan fingerprint density at radius 2 is 2.38 bits per heavy atom. The number of hydrogen-bond donors (Lipinski definition) is 1. The second-order valence-corrected chi connectivity index (χ2v) is 4.12. The first-order valence-corrected chi connectivity index (χ1v) is 5.11. The highest BCUT2D eigenvalue weighted by molar-refractivity contribution is 5.06. The van der Waals surface area contributed by atoms with Crippen molar-refractivity contribution in [2.24, 2.45) is 13.0 Å². The SMILES string of the molecule is CC(NCc1cccn1C)C1CC1. The molecule has 1 atom stereocenters. The summed E-state index contributed by atoms with van der Waals surface area (Å²) in [5.74, 6) is 0.945. The molecule has 72 valence electrons. The van der Waals surface area contributed by atoms with E-state index in [1.807, 2.05) is 0 Å². The Morgan fingerprint density at radius 3 is 2.92 bits per heavy atom. The Balaban J connectivity index is 1.81. The van der Waals surface area contributed by atoms with Crippen molar-refractivity contribution in [2.75, 3.05) is 0 Å². The molecule has 13 heavy (non-hydrogen) atoms. The lowest BCUT2D eigenvalue weighted by molar-refractivity contribution is 0.487. The fourth-order valence-electron chi connectivity index (χ4n) is 1.71. The molecular weight excluding hydrogens is 160 g/mol. The second kappa shape index (κ2) is 3.54. The molecule has 1 aliphatic rings. The van der Waals surface area contributed by atoms with Crippen LogP contribution in [-0.2, 0) is 13.6 Å². The monoisotopic (exact) mass is 178 g/mol. The van der Waals surface area contributed by atoms with Crippen molar-refractivity contribution < 1.29 is 0 Å². The number of hydrogen-bond acceptors (Lipinski definition) is 1. The van der Waals surface area contributed by atoms with Crippen molar-refractivity contribution in [3.8, 4) is 0 Å². The largest absolute Gasteiger partial charge is 0.353 e. The summed E-state index contributed by atoms with van der Waals surface area (Å²) in [7, 11) is 2.10. The van der Waals surface area contributed by atoms with Crippen LogP contribution in [0.4, 0.5) is 0 Å². The van der Waals surface area contributed by atoms with Crippen molar-refractivity contribution in [3.05, 3.63) is 24.0 Å². The predicted molar refractivity (Wildman–Crippen MR) is 54.4 cm³/mol. The van der Waals surface area contributed by atoms with Crippen LogP contribution in [0.2, 0.25) is 0 Å². The lowest BCUT2D eigenvalue weighted by atomic mass is 10.2. The van der Waals surface area contributed by atoms with Gasteiger partial charge in [0.2, 0.25) is 0 Å². The van der Waals surface area contributed by atoms with Crippen molar-refractivity contribution in [3.63, 3.8) is 0 Å². The lowest BCUT2D eigenvalue weighted by Crippen LogP contribution is -2.27. The highest BCUT2D eigenvalue weighted by atomic mass is 15.0. The van der Waals surface area contributed by atoms with Gasteiger partial charge in [-0.1, -0.05) is 0 Å². The normalized spacial score (nSPS) is 18.9. The minimum Gasteiger partial charge on any atom is -0.353 e. The van der Waals surface area contributed by atoms with Gasteiger partial charge in [0.15, 0.2) is 0 Å². The molecule has 2 rings (SSSR count). The zero-order valence-electron chi connectivity index (χ0n) is 8.46. The molecule has 1 N–H and O–H groups in total. The first-order chi connectivity index (χ1) is 6.27. The van der Waals surface area contributed by atoms with E-state index in [4.69, 9.17) is 0 Å². The summed E-state index contributed by atoms with van der Waals surface area (Å²) in [5.41, 5.74) is 1.37. The predicted octanol–water partition coefficient (Wildman–Crippen LogP) is 1.91. The molecule has 1 aromatic heterocycles. The molecule has 0 aromatic carbocycles. The molecule has 0 saturated heterocycles. The summed E-state index contributed by atoms with van der Waals surface area (Å²) in [4.78, 5) is 0. The third kappa shape index (κ3) is 2.13. The van der Waals surface area contributed by atoms with E-state index in [-0.39, 0.29) is 0 Å². The van der Waals surface area contributed by atoms with Gasteiger partial charge >= 0.3 is 0 Å². The maximum atomic E-state index is 3.57. The van der Waals surface area contributed by atoms with Crippen LogP contribution in [-0.4, -0.2) is 10.6 Å². The van der Waals surface area contributed by atoms with Gasteiger partial charge in [0.1, 0.15) is 0 Å². The first-order valence-electron chi connectivity index (χ1n) is 5.11. The number of rotatable bonds is 4. The van der Waals surface area contributed by atoms with E-state index in [9.17, 15) is 0 Å². The number of aryl methyl sites for hydroxylation is 1. The Morgan fingerprint density at radius 1 is 1.62 bits per heavy atom. The zero-order chi connectivity index (χ0) is 9.26. The third-order valence-electron chi connectivity index (χ3n) is 2.99. The van der Waals surface area contributed by atoms with Gasteiger partial charge < -0.3 is 9.88 Å². The van der Waals surface area contributed by atoms with Gasteiger partial charge in [0.25, 0.3) is 0 Å². The van der Waals surface area contributed by atoms with E-state index in [1.165, 1.54) is 18.5 Å². The first kappa shape index (κ1) is 8.82. The summed E-state index contributed by atoms with van der Waals surface area (Å²) >= 11 is 0. The molecule has 2 nitrogen and oxygen atoms in total. The molecule has 0 radical (unpaired) electrons. The van der Waals surface area contributed by atoms with Crippen LogP contribution < -0.4 is 5.32 Å². The van der Waals surface area contributed by atoms with Crippen LogP contribution in [0.5, 0.6) is 0 Å². The van der Waals surface area contributed by atoms with E-state index in [0.29, 0.717) is 6.04 Å².